The van der Waals surface area contributed by atoms with Crippen molar-refractivity contribution in [3.05, 3.63) is 34.9 Å². The molecule has 0 radical (unpaired) electrons. The van der Waals surface area contributed by atoms with E-state index in [-0.39, 0.29) is 17.1 Å². The van der Waals surface area contributed by atoms with Crippen molar-refractivity contribution in [3.63, 3.8) is 0 Å². The molecule has 1 aliphatic rings. The van der Waals surface area contributed by atoms with E-state index in [0.29, 0.717) is 11.6 Å². The molecule has 1 aliphatic heterocycles. The molecule has 132 valence electrons. The predicted molar refractivity (Wildman–Crippen MR) is 95.8 cm³/mol. The fourth-order valence-electron chi connectivity index (χ4n) is 3.54. The number of carbonyl (C=O) groups excluding carboxylic acids is 2. The van der Waals surface area contributed by atoms with Crippen LogP contribution < -0.4 is 16.0 Å². The number of hydrogen-bond acceptors (Lipinski definition) is 3. The van der Waals surface area contributed by atoms with Gasteiger partial charge in [-0.15, -0.1) is 0 Å². The molecule has 6 heteroatoms. The Labute approximate surface area is 148 Å². The van der Waals surface area contributed by atoms with Crippen LogP contribution in [0.25, 0.3) is 0 Å². The molecule has 1 fully saturated rings. The summed E-state index contributed by atoms with van der Waals surface area (Å²) in [6, 6.07) is 7.12. The van der Waals surface area contributed by atoms with E-state index in [4.69, 9.17) is 11.6 Å². The Balaban J connectivity index is 1.87. The molecule has 0 aromatic heterocycles. The highest BCUT2D eigenvalue weighted by molar-refractivity contribution is 6.35. The van der Waals surface area contributed by atoms with Crippen molar-refractivity contribution in [3.8, 4) is 0 Å². The molecule has 5 nitrogen and oxygen atoms in total. The maximum Gasteiger partial charge on any atom is 0.309 e. The van der Waals surface area contributed by atoms with Crippen LogP contribution in [-0.4, -0.2) is 28.9 Å². The summed E-state index contributed by atoms with van der Waals surface area (Å²) in [5.41, 5.74) is 0.726. The molecule has 1 heterocycles. The number of carbonyl (C=O) groups is 2. The lowest BCUT2D eigenvalue weighted by Crippen LogP contribution is -2.62. The van der Waals surface area contributed by atoms with E-state index >= 15 is 0 Å². The zero-order valence-corrected chi connectivity index (χ0v) is 15.5. The molecule has 0 atom stereocenters. The first-order chi connectivity index (χ1) is 11.1. The number of piperidine rings is 1. The van der Waals surface area contributed by atoms with Crippen molar-refractivity contribution in [2.24, 2.45) is 0 Å². The first-order valence-electron chi connectivity index (χ1n) is 8.19. The smallest absolute Gasteiger partial charge is 0.309 e. The van der Waals surface area contributed by atoms with Gasteiger partial charge in [-0.05, 0) is 58.2 Å². The second-order valence-electron chi connectivity index (χ2n) is 7.78. The number of nitrogens with one attached hydrogen (secondary N) is 3. The van der Waals surface area contributed by atoms with Crippen LogP contribution in [-0.2, 0) is 16.1 Å². The van der Waals surface area contributed by atoms with Crippen LogP contribution in [0, 0.1) is 0 Å². The minimum Gasteiger partial charge on any atom is -0.345 e. The van der Waals surface area contributed by atoms with Crippen molar-refractivity contribution in [2.75, 3.05) is 0 Å². The van der Waals surface area contributed by atoms with E-state index in [2.05, 4.69) is 43.6 Å². The normalized spacial score (nSPS) is 19.5. The SMILES string of the molecule is CC1(C)CC(NC(=O)C(=O)NCc2ccc(Cl)cc2)CC(C)(C)N1. The van der Waals surface area contributed by atoms with Gasteiger partial charge in [-0.2, -0.15) is 0 Å². The summed E-state index contributed by atoms with van der Waals surface area (Å²) in [5, 5.41) is 9.69. The molecule has 0 saturated carbocycles. The number of benzene rings is 1. The molecule has 2 rings (SSSR count). The van der Waals surface area contributed by atoms with Gasteiger partial charge in [-0.3, -0.25) is 9.59 Å². The lowest BCUT2D eigenvalue weighted by molar-refractivity contribution is -0.140. The number of rotatable bonds is 3. The molecule has 0 aliphatic carbocycles. The van der Waals surface area contributed by atoms with Gasteiger partial charge in [0.2, 0.25) is 0 Å². The summed E-state index contributed by atoms with van der Waals surface area (Å²) in [7, 11) is 0. The first kappa shape index (κ1) is 18.7. The lowest BCUT2D eigenvalue weighted by Gasteiger charge is -2.46. The molecule has 3 N–H and O–H groups in total. The zero-order chi connectivity index (χ0) is 18.0. The highest BCUT2D eigenvalue weighted by atomic mass is 35.5. The van der Waals surface area contributed by atoms with Crippen molar-refractivity contribution >= 4 is 23.4 Å². The molecule has 1 aromatic carbocycles. The molecule has 2 amide bonds. The van der Waals surface area contributed by atoms with E-state index < -0.39 is 11.8 Å². The number of halogens is 1. The summed E-state index contributed by atoms with van der Waals surface area (Å²) in [6.45, 7) is 8.72. The van der Waals surface area contributed by atoms with Crippen LogP contribution in [0.5, 0.6) is 0 Å². The third-order valence-electron chi connectivity index (χ3n) is 4.10. The van der Waals surface area contributed by atoms with Gasteiger partial charge in [0, 0.05) is 28.7 Å². The van der Waals surface area contributed by atoms with Gasteiger partial charge >= 0.3 is 11.8 Å². The second-order valence-corrected chi connectivity index (χ2v) is 8.22. The Hall–Kier alpha value is -1.59. The Morgan fingerprint density at radius 2 is 1.62 bits per heavy atom. The fraction of sp³-hybridized carbons (Fsp3) is 0.556. The van der Waals surface area contributed by atoms with Crippen molar-refractivity contribution in [1.29, 1.82) is 0 Å². The molecule has 0 bridgehead atoms. The zero-order valence-electron chi connectivity index (χ0n) is 14.7. The van der Waals surface area contributed by atoms with Crippen LogP contribution in [0.3, 0.4) is 0 Å². The van der Waals surface area contributed by atoms with Crippen LogP contribution in [0.2, 0.25) is 5.02 Å². The summed E-state index contributed by atoms with van der Waals surface area (Å²) in [5.74, 6) is -1.19. The summed E-state index contributed by atoms with van der Waals surface area (Å²) < 4.78 is 0. The van der Waals surface area contributed by atoms with Gasteiger partial charge in [0.15, 0.2) is 0 Å². The van der Waals surface area contributed by atoms with Gasteiger partial charge in [-0.25, -0.2) is 0 Å². The highest BCUT2D eigenvalue weighted by Crippen LogP contribution is 2.28. The van der Waals surface area contributed by atoms with Gasteiger partial charge < -0.3 is 16.0 Å². The average Bonchev–Trinajstić information content (AvgIpc) is 2.42. The minimum absolute atomic E-state index is 0.0231. The molecule has 0 spiro atoms. The van der Waals surface area contributed by atoms with Crippen LogP contribution in [0.1, 0.15) is 46.1 Å². The van der Waals surface area contributed by atoms with Gasteiger partial charge in [-0.1, -0.05) is 23.7 Å². The average molecular weight is 352 g/mol. The summed E-state index contributed by atoms with van der Waals surface area (Å²) >= 11 is 5.82. The van der Waals surface area contributed by atoms with Crippen molar-refractivity contribution < 1.29 is 9.59 Å². The van der Waals surface area contributed by atoms with E-state index in [0.717, 1.165) is 18.4 Å². The van der Waals surface area contributed by atoms with Gasteiger partial charge in [0.1, 0.15) is 0 Å². The Bertz CT molecular complexity index is 595. The quantitative estimate of drug-likeness (QED) is 0.732. The first-order valence-corrected chi connectivity index (χ1v) is 8.57. The van der Waals surface area contributed by atoms with Crippen LogP contribution in [0.15, 0.2) is 24.3 Å². The molecular formula is C18H26ClN3O2. The van der Waals surface area contributed by atoms with Gasteiger partial charge in [0.25, 0.3) is 0 Å². The molecule has 0 unspecified atom stereocenters. The molecular weight excluding hydrogens is 326 g/mol. The second kappa shape index (κ2) is 7.11. The highest BCUT2D eigenvalue weighted by Gasteiger charge is 2.38. The third kappa shape index (κ3) is 5.49. The molecule has 1 saturated heterocycles. The van der Waals surface area contributed by atoms with Crippen LogP contribution >= 0.6 is 11.6 Å². The fourth-order valence-corrected chi connectivity index (χ4v) is 3.67. The summed E-state index contributed by atoms with van der Waals surface area (Å²) in [4.78, 5) is 24.2. The maximum atomic E-state index is 12.1. The van der Waals surface area contributed by atoms with Crippen molar-refractivity contribution in [1.82, 2.24) is 16.0 Å². The topological polar surface area (TPSA) is 70.2 Å². The number of hydrogen-bond donors (Lipinski definition) is 3. The van der Waals surface area contributed by atoms with Crippen LogP contribution in [0.4, 0.5) is 0 Å². The standard InChI is InChI=1S/C18H26ClN3O2/c1-17(2)9-14(10-18(3,4)22-17)21-16(24)15(23)20-11-12-5-7-13(19)8-6-12/h5-8,14,22H,9-11H2,1-4H3,(H,20,23)(H,21,24). The minimum atomic E-state index is -0.612. The monoisotopic (exact) mass is 351 g/mol. The number of amides is 2. The van der Waals surface area contributed by atoms with Crippen molar-refractivity contribution in [2.45, 2.75) is 64.2 Å². The lowest BCUT2D eigenvalue weighted by atomic mass is 9.79. The van der Waals surface area contributed by atoms with E-state index in [1.807, 2.05) is 12.1 Å². The van der Waals surface area contributed by atoms with E-state index in [9.17, 15) is 9.59 Å². The largest absolute Gasteiger partial charge is 0.345 e. The Kier molecular flexibility index (Phi) is 5.56. The summed E-state index contributed by atoms with van der Waals surface area (Å²) in [6.07, 6.45) is 1.57. The van der Waals surface area contributed by atoms with Gasteiger partial charge in [0.05, 0.1) is 0 Å². The molecule has 1 aromatic rings. The Morgan fingerprint density at radius 1 is 1.08 bits per heavy atom. The third-order valence-corrected chi connectivity index (χ3v) is 4.35. The predicted octanol–water partition coefficient (Wildman–Crippen LogP) is 2.38. The Morgan fingerprint density at radius 3 is 2.17 bits per heavy atom. The maximum absolute atomic E-state index is 12.1. The van der Waals surface area contributed by atoms with E-state index in [1.165, 1.54) is 0 Å². The van der Waals surface area contributed by atoms with E-state index in [1.54, 1.807) is 12.1 Å². The molecule has 24 heavy (non-hydrogen) atoms.